The standard InChI is InChI=1S/C17H16N2O2S/c1-13-10-16-4-2-3-5-17(16)19(13)22(20,21)12-15-8-6-14(11-18)7-9-15/h2-9,13H,10,12H2,1H3/t13-/m1/s1. The van der Waals surface area contributed by atoms with Crippen LogP contribution in [-0.2, 0) is 22.2 Å². The lowest BCUT2D eigenvalue weighted by molar-refractivity contribution is 0.583. The molecule has 0 radical (unpaired) electrons. The van der Waals surface area contributed by atoms with Gasteiger partial charge < -0.3 is 0 Å². The largest absolute Gasteiger partial charge is 0.267 e. The van der Waals surface area contributed by atoms with Gasteiger partial charge in [-0.15, -0.1) is 0 Å². The van der Waals surface area contributed by atoms with E-state index in [2.05, 4.69) is 0 Å². The first-order valence-corrected chi connectivity index (χ1v) is 8.71. The molecule has 0 saturated carbocycles. The van der Waals surface area contributed by atoms with Crippen LogP contribution in [0.2, 0.25) is 0 Å². The van der Waals surface area contributed by atoms with Gasteiger partial charge in [-0.2, -0.15) is 5.26 Å². The summed E-state index contributed by atoms with van der Waals surface area (Å²) >= 11 is 0. The summed E-state index contributed by atoms with van der Waals surface area (Å²) < 4.78 is 27.1. The summed E-state index contributed by atoms with van der Waals surface area (Å²) in [4.78, 5) is 0. The third-order valence-corrected chi connectivity index (χ3v) is 5.73. The fraction of sp³-hybridized carbons (Fsp3) is 0.235. The van der Waals surface area contributed by atoms with Crippen molar-refractivity contribution < 1.29 is 8.42 Å². The van der Waals surface area contributed by atoms with Crippen molar-refractivity contribution in [3.8, 4) is 6.07 Å². The second-order valence-electron chi connectivity index (χ2n) is 5.54. The number of anilines is 1. The third-order valence-electron chi connectivity index (χ3n) is 3.88. The highest BCUT2D eigenvalue weighted by atomic mass is 32.2. The fourth-order valence-electron chi connectivity index (χ4n) is 2.92. The van der Waals surface area contributed by atoms with Crippen LogP contribution in [0.3, 0.4) is 0 Å². The van der Waals surface area contributed by atoms with Gasteiger partial charge in [-0.05, 0) is 42.7 Å². The molecule has 4 nitrogen and oxygen atoms in total. The highest BCUT2D eigenvalue weighted by Crippen LogP contribution is 2.35. The maximum Gasteiger partial charge on any atom is 0.239 e. The molecule has 5 heteroatoms. The Morgan fingerprint density at radius 2 is 1.86 bits per heavy atom. The molecule has 2 aromatic carbocycles. The number of benzene rings is 2. The number of fused-ring (bicyclic) bond motifs is 1. The Bertz CT molecular complexity index is 836. The molecule has 0 spiro atoms. The van der Waals surface area contributed by atoms with Crippen LogP contribution < -0.4 is 4.31 Å². The van der Waals surface area contributed by atoms with E-state index in [1.807, 2.05) is 37.3 Å². The summed E-state index contributed by atoms with van der Waals surface area (Å²) in [5, 5.41) is 8.80. The van der Waals surface area contributed by atoms with E-state index in [1.165, 1.54) is 4.31 Å². The Morgan fingerprint density at radius 1 is 1.18 bits per heavy atom. The number of hydrogen-bond donors (Lipinski definition) is 0. The van der Waals surface area contributed by atoms with Gasteiger partial charge in [0.25, 0.3) is 0 Å². The van der Waals surface area contributed by atoms with E-state index in [9.17, 15) is 8.42 Å². The first-order valence-electron chi connectivity index (χ1n) is 7.10. The van der Waals surface area contributed by atoms with Gasteiger partial charge >= 0.3 is 0 Å². The Morgan fingerprint density at radius 3 is 2.55 bits per heavy atom. The minimum atomic E-state index is -3.44. The predicted octanol–water partition coefficient (Wildman–Crippen LogP) is 2.84. The van der Waals surface area contributed by atoms with Crippen LogP contribution in [0.25, 0.3) is 0 Å². The van der Waals surface area contributed by atoms with E-state index >= 15 is 0 Å². The lowest BCUT2D eigenvalue weighted by Crippen LogP contribution is -2.36. The molecule has 2 aromatic rings. The first-order chi connectivity index (χ1) is 10.5. The van der Waals surface area contributed by atoms with Crippen molar-refractivity contribution in [1.82, 2.24) is 0 Å². The zero-order valence-electron chi connectivity index (χ0n) is 12.2. The van der Waals surface area contributed by atoms with E-state index in [0.29, 0.717) is 11.1 Å². The second-order valence-corrected chi connectivity index (χ2v) is 7.39. The van der Waals surface area contributed by atoms with Crippen LogP contribution in [0, 0.1) is 11.3 Å². The number of rotatable bonds is 3. The van der Waals surface area contributed by atoms with Crippen molar-refractivity contribution in [2.24, 2.45) is 0 Å². The second kappa shape index (κ2) is 5.47. The summed E-state index contributed by atoms with van der Waals surface area (Å²) in [7, 11) is -3.44. The van der Waals surface area contributed by atoms with Gasteiger partial charge in [0.2, 0.25) is 10.0 Å². The SMILES string of the molecule is C[C@@H]1Cc2ccccc2N1S(=O)(=O)Cc1ccc(C#N)cc1. The Balaban J connectivity index is 1.91. The van der Waals surface area contributed by atoms with Crippen LogP contribution in [0.1, 0.15) is 23.6 Å². The van der Waals surface area contributed by atoms with Crippen molar-refractivity contribution in [3.63, 3.8) is 0 Å². The van der Waals surface area contributed by atoms with Gasteiger partial charge in [0.15, 0.2) is 0 Å². The molecule has 3 rings (SSSR count). The first kappa shape index (κ1) is 14.6. The van der Waals surface area contributed by atoms with E-state index in [-0.39, 0.29) is 11.8 Å². The fourth-order valence-corrected chi connectivity index (χ4v) is 4.77. The topological polar surface area (TPSA) is 61.2 Å². The molecule has 0 amide bonds. The zero-order valence-corrected chi connectivity index (χ0v) is 13.0. The molecule has 1 heterocycles. The number of nitriles is 1. The van der Waals surface area contributed by atoms with Crippen LogP contribution in [0.4, 0.5) is 5.69 Å². The third kappa shape index (κ3) is 2.58. The van der Waals surface area contributed by atoms with Crippen molar-refractivity contribution >= 4 is 15.7 Å². The Labute approximate surface area is 130 Å². The molecule has 0 aliphatic carbocycles. The highest BCUT2D eigenvalue weighted by Gasteiger charge is 2.34. The summed E-state index contributed by atoms with van der Waals surface area (Å²) in [6.45, 7) is 1.93. The molecule has 0 aromatic heterocycles. The van der Waals surface area contributed by atoms with Gasteiger partial charge in [0.05, 0.1) is 23.1 Å². The molecule has 1 aliphatic heterocycles. The summed E-state index contributed by atoms with van der Waals surface area (Å²) in [5.74, 6) is -0.0582. The summed E-state index contributed by atoms with van der Waals surface area (Å²) in [6.07, 6.45) is 0.739. The van der Waals surface area contributed by atoms with Gasteiger partial charge in [0.1, 0.15) is 0 Å². The van der Waals surface area contributed by atoms with E-state index in [0.717, 1.165) is 17.7 Å². The average molecular weight is 312 g/mol. The highest BCUT2D eigenvalue weighted by molar-refractivity contribution is 7.92. The minimum Gasteiger partial charge on any atom is -0.267 e. The number of sulfonamides is 1. The van der Waals surface area contributed by atoms with Crippen molar-refractivity contribution in [2.45, 2.75) is 25.1 Å². The molecule has 0 saturated heterocycles. The van der Waals surface area contributed by atoms with Gasteiger partial charge in [-0.25, -0.2) is 8.42 Å². The van der Waals surface area contributed by atoms with Crippen LogP contribution >= 0.6 is 0 Å². The molecule has 1 atom stereocenters. The molecule has 112 valence electrons. The Kier molecular flexibility index (Phi) is 3.63. The Hall–Kier alpha value is -2.32. The molecule has 0 N–H and O–H groups in total. The normalized spacial score (nSPS) is 17.1. The molecule has 0 fully saturated rings. The molecular weight excluding hydrogens is 296 g/mol. The number of para-hydroxylation sites is 1. The van der Waals surface area contributed by atoms with Crippen LogP contribution in [-0.4, -0.2) is 14.5 Å². The molecular formula is C17H16N2O2S. The lowest BCUT2D eigenvalue weighted by Gasteiger charge is -2.24. The van der Waals surface area contributed by atoms with Crippen LogP contribution in [0.15, 0.2) is 48.5 Å². The summed E-state index contributed by atoms with van der Waals surface area (Å²) in [6, 6.07) is 16.3. The summed E-state index contributed by atoms with van der Waals surface area (Å²) in [5.41, 5.74) is 3.07. The van der Waals surface area contributed by atoms with Crippen molar-refractivity contribution in [3.05, 3.63) is 65.2 Å². The van der Waals surface area contributed by atoms with E-state index in [1.54, 1.807) is 24.3 Å². The molecule has 0 unspecified atom stereocenters. The van der Waals surface area contributed by atoms with E-state index in [4.69, 9.17) is 5.26 Å². The monoisotopic (exact) mass is 312 g/mol. The minimum absolute atomic E-state index is 0.0582. The zero-order chi connectivity index (χ0) is 15.7. The van der Waals surface area contributed by atoms with Gasteiger partial charge in [-0.1, -0.05) is 30.3 Å². The molecule has 22 heavy (non-hydrogen) atoms. The predicted molar refractivity (Wildman–Crippen MR) is 85.9 cm³/mol. The van der Waals surface area contributed by atoms with E-state index < -0.39 is 10.0 Å². The quantitative estimate of drug-likeness (QED) is 0.875. The van der Waals surface area contributed by atoms with Gasteiger partial charge in [0, 0.05) is 6.04 Å². The van der Waals surface area contributed by atoms with Crippen molar-refractivity contribution in [1.29, 1.82) is 5.26 Å². The van der Waals surface area contributed by atoms with Crippen LogP contribution in [0.5, 0.6) is 0 Å². The van der Waals surface area contributed by atoms with Crippen molar-refractivity contribution in [2.75, 3.05) is 4.31 Å². The van der Waals surface area contributed by atoms with Gasteiger partial charge in [-0.3, -0.25) is 4.31 Å². The maximum atomic E-state index is 12.8. The smallest absolute Gasteiger partial charge is 0.239 e. The molecule has 1 aliphatic rings. The lowest BCUT2D eigenvalue weighted by atomic mass is 10.1. The molecule has 0 bridgehead atoms. The number of nitrogens with zero attached hydrogens (tertiary/aromatic N) is 2. The average Bonchev–Trinajstić information content (AvgIpc) is 2.84. The maximum absolute atomic E-state index is 12.8. The number of hydrogen-bond acceptors (Lipinski definition) is 3.